The van der Waals surface area contributed by atoms with Crippen LogP contribution in [0, 0.1) is 11.7 Å². The monoisotopic (exact) mass is 251 g/mol. The molecule has 2 rings (SSSR count). The van der Waals surface area contributed by atoms with E-state index >= 15 is 0 Å². The van der Waals surface area contributed by atoms with Gasteiger partial charge in [-0.15, -0.1) is 0 Å². The Kier molecular flexibility index (Phi) is 3.91. The topological polar surface area (TPSA) is 35.2 Å². The zero-order chi connectivity index (χ0) is 13.2. The first-order chi connectivity index (χ1) is 8.44. The number of halogens is 1. The van der Waals surface area contributed by atoms with Gasteiger partial charge in [0.25, 0.3) is 0 Å². The molecule has 1 aliphatic rings. The Morgan fingerprint density at radius 3 is 2.67 bits per heavy atom. The third kappa shape index (κ3) is 3.70. The lowest BCUT2D eigenvalue weighted by Crippen LogP contribution is -2.34. The van der Waals surface area contributed by atoms with Crippen LogP contribution in [0.1, 0.15) is 38.7 Å². The summed E-state index contributed by atoms with van der Waals surface area (Å²) in [7, 11) is 0. The van der Waals surface area contributed by atoms with Crippen molar-refractivity contribution in [1.82, 2.24) is 0 Å². The molecular weight excluding hydrogens is 229 g/mol. The molecule has 0 atom stereocenters. The molecule has 100 valence electrons. The number of hydrogen-bond donors (Lipinski definition) is 1. The fraction of sp³-hybridized carbons (Fsp3) is 0.600. The smallest absolute Gasteiger partial charge is 0.123 e. The molecule has 0 bridgehead atoms. The summed E-state index contributed by atoms with van der Waals surface area (Å²) in [5.41, 5.74) is 6.51. The second-order valence-electron chi connectivity index (χ2n) is 6.03. The maximum atomic E-state index is 13.3. The molecule has 1 saturated carbocycles. The molecule has 0 aromatic heterocycles. The summed E-state index contributed by atoms with van der Waals surface area (Å²) in [6.07, 6.45) is 4.42. The summed E-state index contributed by atoms with van der Waals surface area (Å²) in [5.74, 6) is 1.22. The fourth-order valence-electron chi connectivity index (χ4n) is 2.18. The zero-order valence-electron chi connectivity index (χ0n) is 11.2. The maximum Gasteiger partial charge on any atom is 0.123 e. The lowest BCUT2D eigenvalue weighted by atomic mass is 9.86. The number of nitrogens with two attached hydrogens (primary N) is 1. The average Bonchev–Trinajstić information content (AvgIpc) is 2.16. The molecule has 1 aromatic carbocycles. The third-order valence-electron chi connectivity index (χ3n) is 3.37. The van der Waals surface area contributed by atoms with E-state index in [9.17, 15) is 4.39 Å². The van der Waals surface area contributed by atoms with E-state index in [4.69, 9.17) is 10.5 Å². The van der Waals surface area contributed by atoms with Gasteiger partial charge < -0.3 is 10.5 Å². The van der Waals surface area contributed by atoms with Gasteiger partial charge in [-0.3, -0.25) is 0 Å². The molecule has 0 saturated heterocycles. The van der Waals surface area contributed by atoms with Crippen LogP contribution in [0.3, 0.4) is 0 Å². The highest BCUT2D eigenvalue weighted by Gasteiger charge is 2.20. The Hall–Kier alpha value is -1.09. The van der Waals surface area contributed by atoms with Crippen LogP contribution in [0.2, 0.25) is 0 Å². The van der Waals surface area contributed by atoms with Crippen LogP contribution in [0.4, 0.5) is 4.39 Å². The molecule has 0 amide bonds. The van der Waals surface area contributed by atoms with Crippen LogP contribution >= 0.6 is 0 Å². The van der Waals surface area contributed by atoms with Gasteiger partial charge in [-0.25, -0.2) is 4.39 Å². The van der Waals surface area contributed by atoms with E-state index in [0.717, 1.165) is 17.9 Å². The van der Waals surface area contributed by atoms with Gasteiger partial charge in [-0.1, -0.05) is 6.42 Å². The molecule has 1 aromatic rings. The predicted octanol–water partition coefficient (Wildman–Crippen LogP) is 3.28. The molecule has 3 heteroatoms. The molecule has 0 aliphatic heterocycles. The second kappa shape index (κ2) is 5.27. The molecule has 0 spiro atoms. The van der Waals surface area contributed by atoms with Gasteiger partial charge in [-0.05, 0) is 62.8 Å². The van der Waals surface area contributed by atoms with E-state index in [-0.39, 0.29) is 11.4 Å². The van der Waals surface area contributed by atoms with E-state index in [1.54, 1.807) is 6.07 Å². The highest BCUT2D eigenvalue weighted by Crippen LogP contribution is 2.29. The predicted molar refractivity (Wildman–Crippen MR) is 71.2 cm³/mol. The van der Waals surface area contributed by atoms with Crippen molar-refractivity contribution >= 4 is 0 Å². The van der Waals surface area contributed by atoms with Crippen molar-refractivity contribution in [2.45, 2.75) is 45.1 Å². The molecule has 1 fully saturated rings. The maximum absolute atomic E-state index is 13.3. The van der Waals surface area contributed by atoms with Gasteiger partial charge in [0.05, 0.1) is 6.61 Å². The highest BCUT2D eigenvalue weighted by atomic mass is 19.1. The van der Waals surface area contributed by atoms with Crippen LogP contribution in [0.15, 0.2) is 18.2 Å². The minimum absolute atomic E-state index is 0.231. The first kappa shape index (κ1) is 13.3. The van der Waals surface area contributed by atoms with E-state index in [0.29, 0.717) is 12.3 Å². The molecule has 1 aliphatic carbocycles. The highest BCUT2D eigenvalue weighted by molar-refractivity contribution is 5.35. The minimum atomic E-state index is -0.359. The van der Waals surface area contributed by atoms with Crippen molar-refractivity contribution in [1.29, 1.82) is 0 Å². The Morgan fingerprint density at radius 2 is 2.11 bits per heavy atom. The van der Waals surface area contributed by atoms with Crippen molar-refractivity contribution < 1.29 is 9.13 Å². The Bertz CT molecular complexity index is 407. The largest absolute Gasteiger partial charge is 0.493 e. The molecule has 2 nitrogen and oxygen atoms in total. The van der Waals surface area contributed by atoms with E-state index in [1.807, 2.05) is 13.8 Å². The summed E-state index contributed by atoms with van der Waals surface area (Å²) in [5, 5.41) is 0. The Morgan fingerprint density at radius 1 is 1.39 bits per heavy atom. The van der Waals surface area contributed by atoms with Crippen molar-refractivity contribution in [2.75, 3.05) is 6.61 Å². The summed E-state index contributed by atoms with van der Waals surface area (Å²) in [6.45, 7) is 4.62. The molecule has 0 radical (unpaired) electrons. The number of hydrogen-bond acceptors (Lipinski definition) is 2. The van der Waals surface area contributed by atoms with Gasteiger partial charge in [0.2, 0.25) is 0 Å². The van der Waals surface area contributed by atoms with Gasteiger partial charge in [-0.2, -0.15) is 0 Å². The second-order valence-corrected chi connectivity index (χ2v) is 6.03. The van der Waals surface area contributed by atoms with E-state index in [2.05, 4.69) is 0 Å². The van der Waals surface area contributed by atoms with Crippen molar-refractivity contribution in [2.24, 2.45) is 11.7 Å². The Balaban J connectivity index is 2.06. The lowest BCUT2D eigenvalue weighted by molar-refractivity contribution is 0.179. The van der Waals surface area contributed by atoms with E-state index in [1.165, 1.54) is 31.4 Å². The normalized spacial score (nSPS) is 16.4. The van der Waals surface area contributed by atoms with Gasteiger partial charge >= 0.3 is 0 Å². The van der Waals surface area contributed by atoms with Crippen LogP contribution in [0.25, 0.3) is 0 Å². The van der Waals surface area contributed by atoms with Crippen molar-refractivity contribution in [3.8, 4) is 5.75 Å². The fourth-order valence-corrected chi connectivity index (χ4v) is 2.18. The number of benzene rings is 1. The Labute approximate surface area is 108 Å². The van der Waals surface area contributed by atoms with Gasteiger partial charge in [0, 0.05) is 5.54 Å². The summed E-state index contributed by atoms with van der Waals surface area (Å²) in [6, 6.07) is 4.70. The molecule has 0 unspecified atom stereocenters. The van der Waals surface area contributed by atoms with Crippen molar-refractivity contribution in [3.63, 3.8) is 0 Å². The first-order valence-corrected chi connectivity index (χ1v) is 6.64. The van der Waals surface area contributed by atoms with Gasteiger partial charge in [0.1, 0.15) is 11.6 Å². The summed E-state index contributed by atoms with van der Waals surface area (Å²) < 4.78 is 19.1. The van der Waals surface area contributed by atoms with E-state index < -0.39 is 0 Å². The molecule has 2 N–H and O–H groups in total. The number of ether oxygens (including phenoxy) is 1. The van der Waals surface area contributed by atoms with Crippen molar-refractivity contribution in [3.05, 3.63) is 29.6 Å². The SMILES string of the molecule is CC(C)(N)Cc1cc(F)ccc1OCC1CCC1. The quantitative estimate of drug-likeness (QED) is 0.871. The first-order valence-electron chi connectivity index (χ1n) is 6.64. The standard InChI is InChI=1S/C15H22FNO/c1-15(2,17)9-12-8-13(16)6-7-14(12)18-10-11-4-3-5-11/h6-8,11H,3-5,9-10,17H2,1-2H3. The summed E-state index contributed by atoms with van der Waals surface area (Å²) >= 11 is 0. The van der Waals surface area contributed by atoms with Crippen LogP contribution in [0.5, 0.6) is 5.75 Å². The lowest BCUT2D eigenvalue weighted by Gasteiger charge is -2.26. The summed E-state index contributed by atoms with van der Waals surface area (Å²) in [4.78, 5) is 0. The zero-order valence-corrected chi connectivity index (χ0v) is 11.2. The minimum Gasteiger partial charge on any atom is -0.493 e. The third-order valence-corrected chi connectivity index (χ3v) is 3.37. The molecular formula is C15H22FNO. The molecule has 0 heterocycles. The van der Waals surface area contributed by atoms with Crippen LogP contribution < -0.4 is 10.5 Å². The average molecular weight is 251 g/mol. The van der Waals surface area contributed by atoms with Gasteiger partial charge in [0.15, 0.2) is 0 Å². The number of rotatable bonds is 5. The van der Waals surface area contributed by atoms with Crippen LogP contribution in [-0.4, -0.2) is 12.1 Å². The molecule has 18 heavy (non-hydrogen) atoms. The van der Waals surface area contributed by atoms with Crippen LogP contribution in [-0.2, 0) is 6.42 Å².